The molecule has 21 heavy (non-hydrogen) atoms. The molecule has 3 nitrogen and oxygen atoms in total. The van der Waals surface area contributed by atoms with Gasteiger partial charge in [0, 0.05) is 16.8 Å². The SMILES string of the molecule is N#CCc1nn(-c2ccc(Cl)cc2)cc1-c1ccccc1. The van der Waals surface area contributed by atoms with Crippen LogP contribution < -0.4 is 0 Å². The van der Waals surface area contributed by atoms with E-state index in [0.717, 1.165) is 22.5 Å². The number of hydrogen-bond acceptors (Lipinski definition) is 2. The van der Waals surface area contributed by atoms with Gasteiger partial charge in [-0.15, -0.1) is 0 Å². The van der Waals surface area contributed by atoms with Gasteiger partial charge in [-0.25, -0.2) is 4.68 Å². The smallest absolute Gasteiger partial charge is 0.0847 e. The van der Waals surface area contributed by atoms with Crippen LogP contribution in [-0.2, 0) is 6.42 Å². The highest BCUT2D eigenvalue weighted by molar-refractivity contribution is 6.30. The zero-order chi connectivity index (χ0) is 14.7. The molecule has 3 aromatic rings. The Morgan fingerprint density at radius 3 is 2.43 bits per heavy atom. The molecular formula is C17H12ClN3. The Labute approximate surface area is 128 Å². The molecule has 102 valence electrons. The van der Waals surface area contributed by atoms with Crippen molar-refractivity contribution in [1.82, 2.24) is 9.78 Å². The van der Waals surface area contributed by atoms with Crippen molar-refractivity contribution >= 4 is 11.6 Å². The van der Waals surface area contributed by atoms with Crippen LogP contribution >= 0.6 is 11.6 Å². The predicted octanol–water partition coefficient (Wildman–Crippen LogP) is 4.26. The average Bonchev–Trinajstić information content (AvgIpc) is 2.93. The van der Waals surface area contributed by atoms with E-state index in [1.165, 1.54) is 0 Å². The van der Waals surface area contributed by atoms with Gasteiger partial charge in [0.2, 0.25) is 0 Å². The summed E-state index contributed by atoms with van der Waals surface area (Å²) in [6.07, 6.45) is 2.23. The lowest BCUT2D eigenvalue weighted by molar-refractivity contribution is 0.853. The van der Waals surface area contributed by atoms with Crippen molar-refractivity contribution in [3.05, 3.63) is 71.5 Å². The molecule has 0 aliphatic heterocycles. The van der Waals surface area contributed by atoms with Crippen molar-refractivity contribution in [3.63, 3.8) is 0 Å². The van der Waals surface area contributed by atoms with E-state index >= 15 is 0 Å². The third-order valence-electron chi connectivity index (χ3n) is 3.21. The minimum absolute atomic E-state index is 0.283. The van der Waals surface area contributed by atoms with Gasteiger partial charge in [-0.3, -0.25) is 0 Å². The molecule has 1 aromatic heterocycles. The van der Waals surface area contributed by atoms with Gasteiger partial charge < -0.3 is 0 Å². The molecule has 0 spiro atoms. The van der Waals surface area contributed by atoms with Crippen molar-refractivity contribution in [2.45, 2.75) is 6.42 Å². The van der Waals surface area contributed by atoms with Crippen molar-refractivity contribution in [3.8, 4) is 22.9 Å². The van der Waals surface area contributed by atoms with Crippen molar-refractivity contribution in [1.29, 1.82) is 5.26 Å². The molecule has 0 amide bonds. The van der Waals surface area contributed by atoms with E-state index in [9.17, 15) is 0 Å². The summed E-state index contributed by atoms with van der Waals surface area (Å²) in [6.45, 7) is 0. The predicted molar refractivity (Wildman–Crippen MR) is 83.3 cm³/mol. The molecule has 0 saturated heterocycles. The molecule has 0 atom stereocenters. The van der Waals surface area contributed by atoms with Crippen molar-refractivity contribution in [2.24, 2.45) is 0 Å². The van der Waals surface area contributed by atoms with Crippen LogP contribution in [0.4, 0.5) is 0 Å². The molecule has 0 radical (unpaired) electrons. The maximum atomic E-state index is 8.99. The number of aromatic nitrogens is 2. The van der Waals surface area contributed by atoms with E-state index in [1.54, 1.807) is 4.68 Å². The van der Waals surface area contributed by atoms with E-state index in [0.29, 0.717) is 5.02 Å². The first-order valence-electron chi connectivity index (χ1n) is 6.55. The number of nitriles is 1. The van der Waals surface area contributed by atoms with Gasteiger partial charge >= 0.3 is 0 Å². The summed E-state index contributed by atoms with van der Waals surface area (Å²) in [6, 6.07) is 19.6. The molecule has 1 heterocycles. The van der Waals surface area contributed by atoms with Gasteiger partial charge in [-0.1, -0.05) is 41.9 Å². The highest BCUT2D eigenvalue weighted by atomic mass is 35.5. The Balaban J connectivity index is 2.09. The van der Waals surface area contributed by atoms with Crippen LogP contribution in [0, 0.1) is 11.3 Å². The molecule has 0 saturated carbocycles. The molecule has 0 aliphatic rings. The first-order valence-corrected chi connectivity index (χ1v) is 6.92. The molecule has 0 aliphatic carbocycles. The second kappa shape index (κ2) is 5.82. The molecule has 4 heteroatoms. The van der Waals surface area contributed by atoms with Crippen molar-refractivity contribution in [2.75, 3.05) is 0 Å². The second-order valence-electron chi connectivity index (χ2n) is 4.61. The third-order valence-corrected chi connectivity index (χ3v) is 3.47. The van der Waals surface area contributed by atoms with E-state index in [1.807, 2.05) is 60.8 Å². The Kier molecular flexibility index (Phi) is 3.72. The molecule has 0 unspecified atom stereocenters. The van der Waals surface area contributed by atoms with Crippen LogP contribution in [0.2, 0.25) is 5.02 Å². The number of halogens is 1. The van der Waals surface area contributed by atoms with Gasteiger partial charge in [-0.05, 0) is 29.8 Å². The van der Waals surface area contributed by atoms with Crippen LogP contribution in [0.25, 0.3) is 16.8 Å². The Morgan fingerprint density at radius 2 is 1.76 bits per heavy atom. The maximum absolute atomic E-state index is 8.99. The van der Waals surface area contributed by atoms with Crippen LogP contribution in [0.3, 0.4) is 0 Å². The third kappa shape index (κ3) is 2.81. The zero-order valence-electron chi connectivity index (χ0n) is 11.2. The molecule has 3 rings (SSSR count). The number of rotatable bonds is 3. The van der Waals surface area contributed by atoms with Crippen LogP contribution in [0.15, 0.2) is 60.8 Å². The average molecular weight is 294 g/mol. The number of hydrogen-bond donors (Lipinski definition) is 0. The fraction of sp³-hybridized carbons (Fsp3) is 0.0588. The first kappa shape index (κ1) is 13.4. The fourth-order valence-corrected chi connectivity index (χ4v) is 2.33. The van der Waals surface area contributed by atoms with E-state index in [-0.39, 0.29) is 6.42 Å². The lowest BCUT2D eigenvalue weighted by Gasteiger charge is -2.00. The minimum atomic E-state index is 0.283. The van der Waals surface area contributed by atoms with Gasteiger partial charge in [0.15, 0.2) is 0 Å². The summed E-state index contributed by atoms with van der Waals surface area (Å²) in [7, 11) is 0. The lowest BCUT2D eigenvalue weighted by atomic mass is 10.1. The number of nitrogens with zero attached hydrogens (tertiary/aromatic N) is 3. The molecular weight excluding hydrogens is 282 g/mol. The van der Waals surface area contributed by atoms with Gasteiger partial charge in [-0.2, -0.15) is 10.4 Å². The monoisotopic (exact) mass is 293 g/mol. The maximum Gasteiger partial charge on any atom is 0.0847 e. The highest BCUT2D eigenvalue weighted by Crippen LogP contribution is 2.25. The molecule has 2 aromatic carbocycles. The normalized spacial score (nSPS) is 10.3. The summed E-state index contributed by atoms with van der Waals surface area (Å²) in [4.78, 5) is 0. The van der Waals surface area contributed by atoms with Crippen LogP contribution in [0.1, 0.15) is 5.69 Å². The Bertz CT molecular complexity index is 783. The highest BCUT2D eigenvalue weighted by Gasteiger charge is 2.11. The summed E-state index contributed by atoms with van der Waals surface area (Å²) in [5.74, 6) is 0. The summed E-state index contributed by atoms with van der Waals surface area (Å²) in [5.41, 5.74) is 3.73. The molecule has 0 N–H and O–H groups in total. The topological polar surface area (TPSA) is 41.6 Å². The summed E-state index contributed by atoms with van der Waals surface area (Å²) >= 11 is 5.91. The summed E-state index contributed by atoms with van der Waals surface area (Å²) < 4.78 is 1.78. The van der Waals surface area contributed by atoms with Crippen LogP contribution in [-0.4, -0.2) is 9.78 Å². The van der Waals surface area contributed by atoms with Gasteiger partial charge in [0.25, 0.3) is 0 Å². The van der Waals surface area contributed by atoms with Crippen LogP contribution in [0.5, 0.6) is 0 Å². The van der Waals surface area contributed by atoms with Gasteiger partial charge in [0.05, 0.1) is 23.9 Å². The Hall–Kier alpha value is -2.57. The number of benzene rings is 2. The van der Waals surface area contributed by atoms with Crippen molar-refractivity contribution < 1.29 is 0 Å². The fourth-order valence-electron chi connectivity index (χ4n) is 2.20. The van der Waals surface area contributed by atoms with Gasteiger partial charge in [0.1, 0.15) is 0 Å². The molecule has 0 bridgehead atoms. The second-order valence-corrected chi connectivity index (χ2v) is 5.05. The largest absolute Gasteiger partial charge is 0.240 e. The minimum Gasteiger partial charge on any atom is -0.240 e. The standard InChI is InChI=1S/C17H12ClN3/c18-14-6-8-15(9-7-14)21-12-16(17(20-21)10-11-19)13-4-2-1-3-5-13/h1-9,12H,10H2. The van der Waals surface area contributed by atoms with E-state index in [4.69, 9.17) is 16.9 Å². The Morgan fingerprint density at radius 1 is 1.05 bits per heavy atom. The van der Waals surface area contributed by atoms with E-state index in [2.05, 4.69) is 11.2 Å². The molecule has 0 fully saturated rings. The zero-order valence-corrected chi connectivity index (χ0v) is 12.0. The first-order chi connectivity index (χ1) is 10.3. The summed E-state index contributed by atoms with van der Waals surface area (Å²) in [5, 5.41) is 14.2. The quantitative estimate of drug-likeness (QED) is 0.724. The lowest BCUT2D eigenvalue weighted by Crippen LogP contribution is -1.95. The van der Waals surface area contributed by atoms with E-state index < -0.39 is 0 Å².